The number of hydrogen-bond acceptors (Lipinski definition) is 4. The van der Waals surface area contributed by atoms with E-state index in [9.17, 15) is 4.79 Å². The van der Waals surface area contributed by atoms with Crippen LogP contribution in [0, 0.1) is 0 Å². The van der Waals surface area contributed by atoms with E-state index in [0.717, 1.165) is 56.2 Å². The molecule has 0 aromatic carbocycles. The number of allylic oxidation sites excluding steroid dienone is 1. The lowest BCUT2D eigenvalue weighted by Crippen LogP contribution is -2.50. The molecular formula is C20H26N2O3. The van der Waals surface area contributed by atoms with Gasteiger partial charge in [0.25, 0.3) is 0 Å². The van der Waals surface area contributed by atoms with Crippen molar-refractivity contribution in [2.75, 3.05) is 19.7 Å². The van der Waals surface area contributed by atoms with Crippen molar-refractivity contribution >= 4 is 5.91 Å². The number of likely N-dealkylation sites (tertiary alicyclic amines) is 1. The number of carbonyl (C=O) groups is 1. The number of piperidine rings is 1. The van der Waals surface area contributed by atoms with Crippen molar-refractivity contribution in [2.45, 2.75) is 56.8 Å². The maximum absolute atomic E-state index is 12.7. The van der Waals surface area contributed by atoms with Gasteiger partial charge in [-0.15, -0.1) is 0 Å². The summed E-state index contributed by atoms with van der Waals surface area (Å²) in [5.74, 6) is 0.223. The number of ether oxygens (including phenoxy) is 2. The Bertz CT molecular complexity index is 646. The van der Waals surface area contributed by atoms with E-state index in [2.05, 4.69) is 11.1 Å². The van der Waals surface area contributed by atoms with E-state index in [-0.39, 0.29) is 17.6 Å². The molecule has 2 fully saturated rings. The van der Waals surface area contributed by atoms with Crippen molar-refractivity contribution in [3.63, 3.8) is 0 Å². The van der Waals surface area contributed by atoms with Crippen LogP contribution >= 0.6 is 0 Å². The monoisotopic (exact) mass is 342 g/mol. The molecule has 3 aliphatic rings. The summed E-state index contributed by atoms with van der Waals surface area (Å²) in [7, 11) is 0. The number of rotatable bonds is 4. The summed E-state index contributed by atoms with van der Waals surface area (Å²) in [6.45, 7) is 2.76. The number of nitrogens with zero attached hydrogens (tertiary/aromatic N) is 2. The highest BCUT2D eigenvalue weighted by Gasteiger charge is 2.45. The van der Waals surface area contributed by atoms with Crippen LogP contribution in [-0.2, 0) is 20.9 Å². The third kappa shape index (κ3) is 3.77. The Morgan fingerprint density at radius 3 is 3.04 bits per heavy atom. The van der Waals surface area contributed by atoms with Gasteiger partial charge in [-0.3, -0.25) is 9.78 Å². The summed E-state index contributed by atoms with van der Waals surface area (Å²) < 4.78 is 12.2. The first-order chi connectivity index (χ1) is 12.2. The third-order valence-corrected chi connectivity index (χ3v) is 5.55. The van der Waals surface area contributed by atoms with Crippen LogP contribution in [0.15, 0.2) is 36.2 Å². The Balaban J connectivity index is 1.33. The summed E-state index contributed by atoms with van der Waals surface area (Å²) in [6.07, 6.45) is 11.8. The van der Waals surface area contributed by atoms with Gasteiger partial charge in [-0.05, 0) is 49.8 Å². The molecule has 1 aromatic rings. The van der Waals surface area contributed by atoms with Gasteiger partial charge in [0.1, 0.15) is 0 Å². The molecule has 2 aliphatic heterocycles. The average Bonchev–Trinajstić information content (AvgIpc) is 3.31. The fourth-order valence-electron chi connectivity index (χ4n) is 4.23. The fourth-order valence-corrected chi connectivity index (χ4v) is 4.23. The van der Waals surface area contributed by atoms with Crippen molar-refractivity contribution in [3.05, 3.63) is 41.7 Å². The van der Waals surface area contributed by atoms with E-state index in [1.54, 1.807) is 12.4 Å². The highest BCUT2D eigenvalue weighted by molar-refractivity contribution is 5.93. The molecular weight excluding hydrogens is 316 g/mol. The van der Waals surface area contributed by atoms with E-state index in [1.807, 2.05) is 17.0 Å². The molecule has 0 radical (unpaired) electrons. The van der Waals surface area contributed by atoms with E-state index in [0.29, 0.717) is 19.8 Å². The van der Waals surface area contributed by atoms with Gasteiger partial charge in [0.05, 0.1) is 31.5 Å². The van der Waals surface area contributed by atoms with Crippen molar-refractivity contribution in [1.29, 1.82) is 0 Å². The third-order valence-electron chi connectivity index (χ3n) is 5.55. The molecule has 1 aromatic heterocycles. The molecule has 1 amide bonds. The molecule has 1 spiro atoms. The van der Waals surface area contributed by atoms with Crippen molar-refractivity contribution in [1.82, 2.24) is 9.88 Å². The van der Waals surface area contributed by atoms with E-state index in [4.69, 9.17) is 9.47 Å². The molecule has 2 atom stereocenters. The minimum Gasteiger partial charge on any atom is -0.371 e. The minimum atomic E-state index is -0.212. The second kappa shape index (κ2) is 7.26. The first-order valence-electron chi connectivity index (χ1n) is 9.37. The van der Waals surface area contributed by atoms with Crippen LogP contribution in [0.3, 0.4) is 0 Å². The molecule has 0 saturated carbocycles. The van der Waals surface area contributed by atoms with Crippen LogP contribution in [-0.4, -0.2) is 47.2 Å². The molecule has 4 rings (SSSR count). The molecule has 3 heterocycles. The summed E-state index contributed by atoms with van der Waals surface area (Å²) in [5, 5.41) is 0. The number of pyridine rings is 1. The van der Waals surface area contributed by atoms with Gasteiger partial charge in [0.15, 0.2) is 0 Å². The van der Waals surface area contributed by atoms with Gasteiger partial charge < -0.3 is 14.4 Å². The molecule has 5 heteroatoms. The molecule has 1 aliphatic carbocycles. The van der Waals surface area contributed by atoms with Crippen LogP contribution < -0.4 is 0 Å². The first kappa shape index (κ1) is 16.7. The maximum atomic E-state index is 12.7. The predicted molar refractivity (Wildman–Crippen MR) is 93.9 cm³/mol. The summed E-state index contributed by atoms with van der Waals surface area (Å²) in [5.41, 5.74) is 1.92. The lowest BCUT2D eigenvalue weighted by Gasteiger charge is -2.39. The van der Waals surface area contributed by atoms with Gasteiger partial charge in [0, 0.05) is 30.9 Å². The zero-order valence-electron chi connectivity index (χ0n) is 14.7. The average molecular weight is 342 g/mol. The Morgan fingerprint density at radius 2 is 2.24 bits per heavy atom. The van der Waals surface area contributed by atoms with Crippen LogP contribution in [0.2, 0.25) is 0 Å². The minimum absolute atomic E-state index is 0.105. The Morgan fingerprint density at radius 1 is 1.36 bits per heavy atom. The second-order valence-corrected chi connectivity index (χ2v) is 7.44. The van der Waals surface area contributed by atoms with Gasteiger partial charge in [-0.1, -0.05) is 6.08 Å². The number of hydrogen-bond donors (Lipinski definition) is 0. The summed E-state index contributed by atoms with van der Waals surface area (Å²) >= 11 is 0. The quantitative estimate of drug-likeness (QED) is 0.844. The van der Waals surface area contributed by atoms with Crippen molar-refractivity contribution in [3.8, 4) is 0 Å². The molecule has 134 valence electrons. The molecule has 2 saturated heterocycles. The zero-order valence-corrected chi connectivity index (χ0v) is 14.7. The van der Waals surface area contributed by atoms with Gasteiger partial charge in [-0.25, -0.2) is 0 Å². The summed E-state index contributed by atoms with van der Waals surface area (Å²) in [4.78, 5) is 18.7. The van der Waals surface area contributed by atoms with Crippen LogP contribution in [0.1, 0.15) is 44.1 Å². The van der Waals surface area contributed by atoms with Gasteiger partial charge in [0.2, 0.25) is 5.91 Å². The van der Waals surface area contributed by atoms with Crippen LogP contribution in [0.5, 0.6) is 0 Å². The lowest BCUT2D eigenvalue weighted by molar-refractivity contribution is -0.135. The normalized spacial score (nSPS) is 29.2. The van der Waals surface area contributed by atoms with Crippen LogP contribution in [0.25, 0.3) is 0 Å². The molecule has 0 N–H and O–H groups in total. The zero-order chi connectivity index (χ0) is 17.1. The van der Waals surface area contributed by atoms with E-state index < -0.39 is 0 Å². The SMILES string of the molecule is O=C(C1=CCCC1)N1CCC[C@]2(C[C@H](OCc3ccncc3)CO2)C1. The van der Waals surface area contributed by atoms with Crippen molar-refractivity contribution in [2.24, 2.45) is 0 Å². The summed E-state index contributed by atoms with van der Waals surface area (Å²) in [6, 6.07) is 3.95. The Kier molecular flexibility index (Phi) is 4.86. The predicted octanol–water partition coefficient (Wildman–Crippen LogP) is 2.86. The first-order valence-corrected chi connectivity index (χ1v) is 9.37. The number of carbonyl (C=O) groups excluding carboxylic acids is 1. The maximum Gasteiger partial charge on any atom is 0.249 e. The van der Waals surface area contributed by atoms with Crippen LogP contribution in [0.4, 0.5) is 0 Å². The Labute approximate surface area is 149 Å². The molecule has 5 nitrogen and oxygen atoms in total. The highest BCUT2D eigenvalue weighted by atomic mass is 16.6. The largest absolute Gasteiger partial charge is 0.371 e. The lowest BCUT2D eigenvalue weighted by atomic mass is 9.89. The van der Waals surface area contributed by atoms with Gasteiger partial charge in [-0.2, -0.15) is 0 Å². The topological polar surface area (TPSA) is 51.7 Å². The van der Waals surface area contributed by atoms with E-state index in [1.165, 1.54) is 0 Å². The molecule has 0 unspecified atom stereocenters. The van der Waals surface area contributed by atoms with E-state index >= 15 is 0 Å². The fraction of sp³-hybridized carbons (Fsp3) is 0.600. The Hall–Kier alpha value is -1.72. The standard InChI is InChI=1S/C20H26N2O3/c23-19(17-4-1-2-5-17)22-11-3-8-20(15-22)12-18(14-25-20)24-13-16-6-9-21-10-7-16/h4,6-7,9-10,18H,1-3,5,8,11-15H2/t18-,20-/m0/s1. The molecule has 25 heavy (non-hydrogen) atoms. The highest BCUT2D eigenvalue weighted by Crippen LogP contribution is 2.37. The number of amides is 1. The number of aromatic nitrogens is 1. The van der Waals surface area contributed by atoms with Crippen molar-refractivity contribution < 1.29 is 14.3 Å². The molecule has 0 bridgehead atoms. The smallest absolute Gasteiger partial charge is 0.249 e. The van der Waals surface area contributed by atoms with Gasteiger partial charge >= 0.3 is 0 Å². The second-order valence-electron chi connectivity index (χ2n) is 7.44.